The first kappa shape index (κ1) is 14.3. The van der Waals surface area contributed by atoms with Gasteiger partial charge in [0.05, 0.1) is 6.10 Å². The van der Waals surface area contributed by atoms with Crippen LogP contribution in [0.4, 0.5) is 17.1 Å². The van der Waals surface area contributed by atoms with E-state index in [-0.39, 0.29) is 6.10 Å². The van der Waals surface area contributed by atoms with E-state index in [1.54, 1.807) is 0 Å². The third-order valence-corrected chi connectivity index (χ3v) is 2.98. The summed E-state index contributed by atoms with van der Waals surface area (Å²) in [6.07, 6.45) is 1.12. The Balaban J connectivity index is 2.26. The van der Waals surface area contributed by atoms with Crippen molar-refractivity contribution < 1.29 is 4.74 Å². The van der Waals surface area contributed by atoms with Gasteiger partial charge >= 0.3 is 0 Å². The van der Waals surface area contributed by atoms with E-state index < -0.39 is 0 Å². The molecule has 0 aliphatic rings. The van der Waals surface area contributed by atoms with Gasteiger partial charge in [-0.05, 0) is 38.0 Å². The van der Waals surface area contributed by atoms with Crippen LogP contribution in [0.2, 0.25) is 0 Å². The molecule has 20 heavy (non-hydrogen) atoms. The Hall–Kier alpha value is -2.16. The highest BCUT2D eigenvalue weighted by atomic mass is 16.5. The van der Waals surface area contributed by atoms with Crippen molar-refractivity contribution in [1.82, 2.24) is 0 Å². The van der Waals surface area contributed by atoms with Gasteiger partial charge in [0, 0.05) is 29.2 Å². The van der Waals surface area contributed by atoms with E-state index >= 15 is 0 Å². The molecule has 0 amide bonds. The molecule has 0 saturated heterocycles. The lowest BCUT2D eigenvalue weighted by Gasteiger charge is -2.15. The van der Waals surface area contributed by atoms with E-state index in [0.29, 0.717) is 5.69 Å². The smallest absolute Gasteiger partial charge is 0.123 e. The van der Waals surface area contributed by atoms with Gasteiger partial charge in [0.1, 0.15) is 5.75 Å². The van der Waals surface area contributed by atoms with Gasteiger partial charge in [0.15, 0.2) is 0 Å². The second-order valence-electron chi connectivity index (χ2n) is 5.09. The average Bonchev–Trinajstić information content (AvgIpc) is 2.37. The van der Waals surface area contributed by atoms with Crippen LogP contribution in [0.15, 0.2) is 42.5 Å². The molecule has 0 aliphatic heterocycles. The van der Waals surface area contributed by atoms with Crippen LogP contribution >= 0.6 is 0 Å². The zero-order chi connectivity index (χ0) is 14.5. The van der Waals surface area contributed by atoms with E-state index in [9.17, 15) is 0 Å². The highest BCUT2D eigenvalue weighted by molar-refractivity contribution is 5.68. The van der Waals surface area contributed by atoms with Gasteiger partial charge in [-0.1, -0.05) is 25.1 Å². The lowest BCUT2D eigenvalue weighted by Crippen LogP contribution is -2.06. The molecule has 2 rings (SSSR count). The number of aryl methyl sites for hydroxylation is 1. The maximum Gasteiger partial charge on any atom is 0.123 e. The molecular formula is C17H22N2O. The maximum absolute atomic E-state index is 5.94. The number of hydrogen-bond acceptors (Lipinski definition) is 3. The molecule has 106 valence electrons. The van der Waals surface area contributed by atoms with Crippen molar-refractivity contribution in [3.05, 3.63) is 48.0 Å². The fourth-order valence-electron chi connectivity index (χ4n) is 2.14. The summed E-state index contributed by atoms with van der Waals surface area (Å²) in [4.78, 5) is 0. The van der Waals surface area contributed by atoms with Gasteiger partial charge in [-0.2, -0.15) is 0 Å². The van der Waals surface area contributed by atoms with Crippen LogP contribution in [0.3, 0.4) is 0 Å². The molecular weight excluding hydrogens is 248 g/mol. The minimum absolute atomic E-state index is 0.132. The Morgan fingerprint density at radius 2 is 1.90 bits per heavy atom. The number of anilines is 3. The number of ether oxygens (including phenoxy) is 1. The van der Waals surface area contributed by atoms with Gasteiger partial charge in [-0.15, -0.1) is 0 Å². The summed E-state index contributed by atoms with van der Waals surface area (Å²) in [6, 6.07) is 14.0. The zero-order valence-electron chi connectivity index (χ0n) is 12.3. The highest BCUT2D eigenvalue weighted by Gasteiger charge is 2.04. The number of nitrogens with one attached hydrogen (secondary N) is 1. The molecule has 3 heteroatoms. The largest absolute Gasteiger partial charge is 0.491 e. The molecule has 0 atom stereocenters. The van der Waals surface area contributed by atoms with Crippen molar-refractivity contribution in [2.45, 2.75) is 33.3 Å². The van der Waals surface area contributed by atoms with E-state index in [1.807, 2.05) is 38.1 Å². The lowest BCUT2D eigenvalue weighted by molar-refractivity contribution is 0.242. The molecule has 0 aliphatic carbocycles. The molecule has 2 aromatic carbocycles. The van der Waals surface area contributed by atoms with Gasteiger partial charge in [-0.3, -0.25) is 0 Å². The summed E-state index contributed by atoms with van der Waals surface area (Å²) >= 11 is 0. The Morgan fingerprint density at radius 3 is 2.60 bits per heavy atom. The first-order valence-corrected chi connectivity index (χ1v) is 7.00. The standard InChI is InChI=1S/C17H22N2O/c1-4-13-7-5-6-8-17(13)19-15-9-14(18)10-16(11-15)20-12(2)3/h5-12,19H,4,18H2,1-3H3. The van der Waals surface area contributed by atoms with Crippen LogP contribution in [0.1, 0.15) is 26.3 Å². The maximum atomic E-state index is 5.94. The molecule has 0 unspecified atom stereocenters. The zero-order valence-corrected chi connectivity index (χ0v) is 12.3. The fourth-order valence-corrected chi connectivity index (χ4v) is 2.14. The summed E-state index contributed by atoms with van der Waals surface area (Å²) in [5.74, 6) is 0.788. The van der Waals surface area contributed by atoms with Crippen molar-refractivity contribution in [1.29, 1.82) is 0 Å². The number of hydrogen-bond donors (Lipinski definition) is 2. The quantitative estimate of drug-likeness (QED) is 0.793. The third-order valence-electron chi connectivity index (χ3n) is 2.98. The minimum atomic E-state index is 0.132. The molecule has 0 heterocycles. The van der Waals surface area contributed by atoms with Crippen LogP contribution in [0.25, 0.3) is 0 Å². The number of para-hydroxylation sites is 1. The Kier molecular flexibility index (Phi) is 4.51. The van der Waals surface area contributed by atoms with E-state index in [4.69, 9.17) is 10.5 Å². The molecule has 0 fully saturated rings. The second kappa shape index (κ2) is 6.33. The fraction of sp³-hybridized carbons (Fsp3) is 0.294. The SMILES string of the molecule is CCc1ccccc1Nc1cc(N)cc(OC(C)C)c1. The van der Waals surface area contributed by atoms with Gasteiger partial charge in [0.2, 0.25) is 0 Å². The molecule has 0 radical (unpaired) electrons. The Bertz CT molecular complexity index is 579. The van der Waals surface area contributed by atoms with Gasteiger partial charge in [-0.25, -0.2) is 0 Å². The third kappa shape index (κ3) is 3.67. The van der Waals surface area contributed by atoms with Crippen LogP contribution in [-0.4, -0.2) is 6.10 Å². The summed E-state index contributed by atoms with van der Waals surface area (Å²) < 4.78 is 5.71. The Morgan fingerprint density at radius 1 is 1.15 bits per heavy atom. The summed E-state index contributed by atoms with van der Waals surface area (Å²) in [5.41, 5.74) is 9.97. The van der Waals surface area contributed by atoms with E-state index in [0.717, 1.165) is 23.5 Å². The van der Waals surface area contributed by atoms with E-state index in [2.05, 4.69) is 30.4 Å². The number of nitrogen functional groups attached to an aromatic ring is 1. The normalized spacial score (nSPS) is 10.6. The van der Waals surface area contributed by atoms with E-state index in [1.165, 1.54) is 5.56 Å². The van der Waals surface area contributed by atoms with Crippen LogP contribution in [0.5, 0.6) is 5.75 Å². The van der Waals surface area contributed by atoms with Crippen molar-refractivity contribution >= 4 is 17.1 Å². The van der Waals surface area contributed by atoms with Crippen LogP contribution in [0, 0.1) is 0 Å². The summed E-state index contributed by atoms with van der Waals surface area (Å²) in [7, 11) is 0. The molecule has 3 N–H and O–H groups in total. The minimum Gasteiger partial charge on any atom is -0.491 e. The van der Waals surface area contributed by atoms with Gasteiger partial charge < -0.3 is 15.8 Å². The number of benzene rings is 2. The summed E-state index contributed by atoms with van der Waals surface area (Å²) in [6.45, 7) is 6.15. The van der Waals surface area contributed by atoms with Crippen LogP contribution < -0.4 is 15.8 Å². The molecule has 0 aromatic heterocycles. The Labute approximate surface area is 120 Å². The summed E-state index contributed by atoms with van der Waals surface area (Å²) in [5, 5.41) is 3.42. The monoisotopic (exact) mass is 270 g/mol. The molecule has 0 saturated carbocycles. The number of rotatable bonds is 5. The highest BCUT2D eigenvalue weighted by Crippen LogP contribution is 2.27. The van der Waals surface area contributed by atoms with Crippen molar-refractivity contribution in [3.63, 3.8) is 0 Å². The van der Waals surface area contributed by atoms with Crippen LogP contribution in [-0.2, 0) is 6.42 Å². The molecule has 0 bridgehead atoms. The average molecular weight is 270 g/mol. The van der Waals surface area contributed by atoms with Crippen molar-refractivity contribution in [2.24, 2.45) is 0 Å². The molecule has 3 nitrogen and oxygen atoms in total. The first-order chi connectivity index (χ1) is 9.58. The predicted molar refractivity (Wildman–Crippen MR) is 85.7 cm³/mol. The van der Waals surface area contributed by atoms with Gasteiger partial charge in [0.25, 0.3) is 0 Å². The predicted octanol–water partition coefficient (Wildman–Crippen LogP) is 4.36. The lowest BCUT2D eigenvalue weighted by atomic mass is 10.1. The second-order valence-corrected chi connectivity index (χ2v) is 5.09. The number of nitrogens with two attached hydrogens (primary N) is 1. The molecule has 2 aromatic rings. The molecule has 0 spiro atoms. The topological polar surface area (TPSA) is 47.3 Å². The first-order valence-electron chi connectivity index (χ1n) is 7.00. The van der Waals surface area contributed by atoms with Crippen molar-refractivity contribution in [2.75, 3.05) is 11.1 Å². The van der Waals surface area contributed by atoms with Crippen molar-refractivity contribution in [3.8, 4) is 5.75 Å².